The third-order valence-electron chi connectivity index (χ3n) is 3.69. The van der Waals surface area contributed by atoms with Crippen LogP contribution < -0.4 is 5.32 Å². The molecule has 1 aromatic carbocycles. The first-order chi connectivity index (χ1) is 10.7. The molecule has 4 nitrogen and oxygen atoms in total. The third-order valence-corrected chi connectivity index (χ3v) is 3.69. The van der Waals surface area contributed by atoms with Crippen molar-refractivity contribution >= 4 is 17.5 Å². The lowest BCUT2D eigenvalue weighted by Crippen LogP contribution is -2.44. The van der Waals surface area contributed by atoms with Crippen molar-refractivity contribution in [1.29, 1.82) is 0 Å². The number of rotatable bonds is 2. The molecule has 1 N–H and O–H groups in total. The van der Waals surface area contributed by atoms with E-state index in [4.69, 9.17) is 0 Å². The molecule has 1 saturated heterocycles. The van der Waals surface area contributed by atoms with Crippen molar-refractivity contribution in [3.63, 3.8) is 0 Å². The topological polar surface area (TPSA) is 49.4 Å². The quantitative estimate of drug-likeness (QED) is 0.846. The van der Waals surface area contributed by atoms with Crippen molar-refractivity contribution in [2.75, 3.05) is 18.4 Å². The van der Waals surface area contributed by atoms with Crippen LogP contribution in [0.1, 0.15) is 30.1 Å². The molecule has 2 rings (SSSR count). The number of likely N-dealkylation sites (tertiary alicyclic amines) is 1. The van der Waals surface area contributed by atoms with Crippen molar-refractivity contribution in [1.82, 2.24) is 4.90 Å². The number of carbonyl (C=O) groups is 2. The van der Waals surface area contributed by atoms with Crippen molar-refractivity contribution in [2.45, 2.75) is 25.9 Å². The van der Waals surface area contributed by atoms with Gasteiger partial charge in [0.25, 0.3) is 5.91 Å². The number of nitrogens with zero attached hydrogens (tertiary/aromatic N) is 1. The van der Waals surface area contributed by atoms with Crippen LogP contribution in [-0.4, -0.2) is 36.0 Å². The average molecular weight is 332 g/mol. The van der Waals surface area contributed by atoms with Crippen LogP contribution in [0.3, 0.4) is 0 Å². The summed E-state index contributed by atoms with van der Waals surface area (Å²) in [4.78, 5) is 24.4. The zero-order valence-corrected chi connectivity index (χ0v) is 12.4. The van der Waals surface area contributed by atoms with Gasteiger partial charge in [-0.15, -0.1) is 0 Å². The van der Waals surface area contributed by atoms with Gasteiger partial charge < -0.3 is 10.2 Å². The highest BCUT2D eigenvalue weighted by molar-refractivity contribution is 5.97. The van der Waals surface area contributed by atoms with Crippen LogP contribution in [0.4, 0.5) is 23.2 Å². The summed E-state index contributed by atoms with van der Waals surface area (Å²) >= 11 is 0. The van der Waals surface area contributed by atoms with Gasteiger partial charge >= 0.3 is 6.18 Å². The smallest absolute Gasteiger partial charge is 0.338 e. The van der Waals surface area contributed by atoms with E-state index in [9.17, 15) is 27.2 Å². The van der Waals surface area contributed by atoms with Gasteiger partial charge in [-0.05, 0) is 31.0 Å². The van der Waals surface area contributed by atoms with Gasteiger partial charge in [0.1, 0.15) is 5.82 Å². The van der Waals surface area contributed by atoms with Gasteiger partial charge in [-0.2, -0.15) is 13.2 Å². The molecule has 1 aliphatic heterocycles. The Hall–Kier alpha value is -2.12. The number of hydrogen-bond donors (Lipinski definition) is 1. The van der Waals surface area contributed by atoms with Crippen molar-refractivity contribution in [3.05, 3.63) is 29.6 Å². The molecular weight excluding hydrogens is 316 g/mol. The van der Waals surface area contributed by atoms with Gasteiger partial charge in [-0.25, -0.2) is 4.39 Å². The van der Waals surface area contributed by atoms with Crippen molar-refractivity contribution < 1.29 is 27.2 Å². The first kappa shape index (κ1) is 17.2. The minimum atomic E-state index is -4.38. The fourth-order valence-electron chi connectivity index (χ4n) is 2.57. The van der Waals surface area contributed by atoms with E-state index in [2.05, 4.69) is 5.32 Å². The normalized spacial score (nSPS) is 18.7. The molecule has 1 aromatic rings. The fourth-order valence-corrected chi connectivity index (χ4v) is 2.57. The second kappa shape index (κ2) is 6.55. The van der Waals surface area contributed by atoms with Gasteiger partial charge in [0.15, 0.2) is 0 Å². The van der Waals surface area contributed by atoms with Crippen LogP contribution in [-0.2, 0) is 4.79 Å². The van der Waals surface area contributed by atoms with Crippen LogP contribution in [0.2, 0.25) is 0 Å². The Kier molecular flexibility index (Phi) is 4.91. The molecular formula is C15H16F4N2O2. The second-order valence-electron chi connectivity index (χ2n) is 5.51. The minimum absolute atomic E-state index is 0.0400. The standard InChI is InChI=1S/C15H16F4N2O2/c1-9(22)20-11-4-5-13(16)12(7-11)14(23)21-6-2-3-10(8-21)15(17,18)19/h4-5,7,10H,2-3,6,8H2,1H3,(H,20,22). The summed E-state index contributed by atoms with van der Waals surface area (Å²) in [6.45, 7) is 0.921. The Morgan fingerprint density at radius 1 is 1.30 bits per heavy atom. The highest BCUT2D eigenvalue weighted by atomic mass is 19.4. The maximum atomic E-state index is 13.9. The Morgan fingerprint density at radius 3 is 2.61 bits per heavy atom. The molecule has 0 aromatic heterocycles. The summed E-state index contributed by atoms with van der Waals surface area (Å²) in [5.41, 5.74) is -0.134. The van der Waals surface area contributed by atoms with Gasteiger partial charge in [0.2, 0.25) is 5.91 Å². The number of nitrogens with one attached hydrogen (secondary N) is 1. The monoisotopic (exact) mass is 332 g/mol. The summed E-state index contributed by atoms with van der Waals surface area (Å²) in [5.74, 6) is -3.63. The van der Waals surface area contributed by atoms with E-state index in [1.54, 1.807) is 0 Å². The van der Waals surface area contributed by atoms with E-state index in [0.717, 1.165) is 17.0 Å². The van der Waals surface area contributed by atoms with E-state index in [1.807, 2.05) is 0 Å². The van der Waals surface area contributed by atoms with E-state index in [0.29, 0.717) is 0 Å². The predicted molar refractivity (Wildman–Crippen MR) is 75.4 cm³/mol. The number of amides is 2. The number of anilines is 1. The molecule has 0 bridgehead atoms. The number of alkyl halides is 3. The maximum Gasteiger partial charge on any atom is 0.393 e. The molecule has 1 fully saturated rings. The number of carbonyl (C=O) groups excluding carboxylic acids is 2. The Bertz CT molecular complexity index is 616. The SMILES string of the molecule is CC(=O)Nc1ccc(F)c(C(=O)N2CCCC(C(F)(F)F)C2)c1. The van der Waals surface area contributed by atoms with Crippen LogP contribution >= 0.6 is 0 Å². The maximum absolute atomic E-state index is 13.9. The Labute approximate surface area is 130 Å². The molecule has 8 heteroatoms. The number of benzene rings is 1. The van der Waals surface area contributed by atoms with Gasteiger partial charge in [-0.3, -0.25) is 9.59 Å². The molecule has 2 amide bonds. The summed E-state index contributed by atoms with van der Waals surface area (Å²) in [6.07, 6.45) is -4.21. The minimum Gasteiger partial charge on any atom is -0.338 e. The van der Waals surface area contributed by atoms with Crippen LogP contribution in [0.25, 0.3) is 0 Å². The first-order valence-electron chi connectivity index (χ1n) is 7.11. The van der Waals surface area contributed by atoms with Crippen LogP contribution in [0.5, 0.6) is 0 Å². The summed E-state index contributed by atoms with van der Waals surface area (Å²) in [6, 6.07) is 3.42. The number of halogens is 4. The Morgan fingerprint density at radius 2 is 2.00 bits per heavy atom. The zero-order valence-electron chi connectivity index (χ0n) is 12.4. The molecule has 1 aliphatic rings. The van der Waals surface area contributed by atoms with Crippen LogP contribution in [0, 0.1) is 11.7 Å². The predicted octanol–water partition coefficient (Wildman–Crippen LogP) is 3.20. The highest BCUT2D eigenvalue weighted by Crippen LogP contribution is 2.33. The van der Waals surface area contributed by atoms with Crippen molar-refractivity contribution in [3.8, 4) is 0 Å². The molecule has 1 unspecified atom stereocenters. The number of piperidine rings is 1. The molecule has 23 heavy (non-hydrogen) atoms. The first-order valence-corrected chi connectivity index (χ1v) is 7.11. The molecule has 126 valence electrons. The molecule has 0 saturated carbocycles. The lowest BCUT2D eigenvalue weighted by molar-refractivity contribution is -0.184. The van der Waals surface area contributed by atoms with Crippen LogP contribution in [0.15, 0.2) is 18.2 Å². The molecule has 0 spiro atoms. The summed E-state index contributed by atoms with van der Waals surface area (Å²) in [7, 11) is 0. The van der Waals surface area contributed by atoms with E-state index >= 15 is 0 Å². The number of hydrogen-bond acceptors (Lipinski definition) is 2. The van der Waals surface area contributed by atoms with Gasteiger partial charge in [0, 0.05) is 25.7 Å². The van der Waals surface area contributed by atoms with Gasteiger partial charge in [0.05, 0.1) is 11.5 Å². The second-order valence-corrected chi connectivity index (χ2v) is 5.51. The van der Waals surface area contributed by atoms with E-state index in [1.165, 1.54) is 13.0 Å². The zero-order chi connectivity index (χ0) is 17.2. The highest BCUT2D eigenvalue weighted by Gasteiger charge is 2.43. The lowest BCUT2D eigenvalue weighted by atomic mass is 9.97. The fraction of sp³-hybridized carbons (Fsp3) is 0.467. The van der Waals surface area contributed by atoms with Crippen molar-refractivity contribution in [2.24, 2.45) is 5.92 Å². The van der Waals surface area contributed by atoms with E-state index < -0.39 is 36.3 Å². The van der Waals surface area contributed by atoms with Gasteiger partial charge in [-0.1, -0.05) is 0 Å². The summed E-state index contributed by atoms with van der Waals surface area (Å²) < 4.78 is 52.3. The molecule has 0 aliphatic carbocycles. The third kappa shape index (κ3) is 4.20. The molecule has 0 radical (unpaired) electrons. The molecule has 1 atom stereocenters. The summed E-state index contributed by atoms with van der Waals surface area (Å²) in [5, 5.41) is 2.41. The molecule has 1 heterocycles. The average Bonchev–Trinajstić information content (AvgIpc) is 2.47. The Balaban J connectivity index is 2.21. The lowest BCUT2D eigenvalue weighted by Gasteiger charge is -2.33. The largest absolute Gasteiger partial charge is 0.393 e. The van der Waals surface area contributed by atoms with E-state index in [-0.39, 0.29) is 30.6 Å².